The van der Waals surface area contributed by atoms with Crippen LogP contribution in [-0.4, -0.2) is 24.2 Å². The third kappa shape index (κ3) is 5.64. The topological polar surface area (TPSA) is 55.4 Å². The molecule has 4 nitrogen and oxygen atoms in total. The minimum Gasteiger partial charge on any atom is -0.455 e. The number of esters is 1. The number of amides is 1. The molecule has 0 aliphatic heterocycles. The fourth-order valence-electron chi connectivity index (χ4n) is 2.47. The number of para-hydroxylation sites is 1. The van der Waals surface area contributed by atoms with Crippen LogP contribution in [0, 0.1) is 27.7 Å². The van der Waals surface area contributed by atoms with E-state index in [4.69, 9.17) is 4.74 Å². The van der Waals surface area contributed by atoms with Crippen LogP contribution < -0.4 is 5.32 Å². The van der Waals surface area contributed by atoms with Crippen LogP contribution in [0.25, 0.3) is 0 Å². The first-order valence-corrected chi connectivity index (χ1v) is 9.07. The second kappa shape index (κ2) is 8.72. The molecule has 2 rings (SSSR count). The van der Waals surface area contributed by atoms with E-state index in [2.05, 4.69) is 11.4 Å². The maximum atomic E-state index is 12.0. The van der Waals surface area contributed by atoms with E-state index in [-0.39, 0.29) is 18.3 Å². The standard InChI is InChI=1S/C20H23NO3S/c1-13-8-9-17(16(4)10-13)25-12-19(23)24-11-18(22)21-20-14(2)6-5-7-15(20)3/h5-10H,11-12H2,1-4H3,(H,21,22). The SMILES string of the molecule is Cc1ccc(SCC(=O)OCC(=O)Nc2c(C)cccc2C)c(C)c1. The summed E-state index contributed by atoms with van der Waals surface area (Å²) in [6, 6.07) is 11.9. The number of anilines is 1. The minimum absolute atomic E-state index is 0.181. The summed E-state index contributed by atoms with van der Waals surface area (Å²) in [6.07, 6.45) is 0. The molecule has 0 aliphatic rings. The van der Waals surface area contributed by atoms with Crippen molar-refractivity contribution in [3.63, 3.8) is 0 Å². The van der Waals surface area contributed by atoms with E-state index in [0.717, 1.165) is 27.3 Å². The van der Waals surface area contributed by atoms with Gasteiger partial charge in [0.15, 0.2) is 6.61 Å². The Labute approximate surface area is 153 Å². The molecule has 25 heavy (non-hydrogen) atoms. The zero-order valence-electron chi connectivity index (χ0n) is 15.0. The lowest BCUT2D eigenvalue weighted by Crippen LogP contribution is -2.22. The number of thioether (sulfide) groups is 1. The molecule has 0 heterocycles. The van der Waals surface area contributed by atoms with Crippen LogP contribution in [0.4, 0.5) is 5.69 Å². The van der Waals surface area contributed by atoms with Gasteiger partial charge in [-0.3, -0.25) is 9.59 Å². The summed E-state index contributed by atoms with van der Waals surface area (Å²) < 4.78 is 5.07. The third-order valence-corrected chi connectivity index (χ3v) is 4.93. The summed E-state index contributed by atoms with van der Waals surface area (Å²) >= 11 is 1.42. The van der Waals surface area contributed by atoms with Gasteiger partial charge in [0.25, 0.3) is 5.91 Å². The number of hydrogen-bond acceptors (Lipinski definition) is 4. The van der Waals surface area contributed by atoms with Gasteiger partial charge in [0.2, 0.25) is 0 Å². The van der Waals surface area contributed by atoms with Crippen molar-refractivity contribution in [2.45, 2.75) is 32.6 Å². The van der Waals surface area contributed by atoms with Crippen LogP contribution in [0.5, 0.6) is 0 Å². The van der Waals surface area contributed by atoms with E-state index in [9.17, 15) is 9.59 Å². The molecule has 0 saturated carbocycles. The monoisotopic (exact) mass is 357 g/mol. The molecule has 0 bridgehead atoms. The Morgan fingerprint density at radius 2 is 1.68 bits per heavy atom. The van der Waals surface area contributed by atoms with E-state index >= 15 is 0 Å². The summed E-state index contributed by atoms with van der Waals surface area (Å²) in [5.74, 6) is -0.551. The molecule has 5 heteroatoms. The highest BCUT2D eigenvalue weighted by molar-refractivity contribution is 8.00. The molecule has 0 saturated heterocycles. The predicted molar refractivity (Wildman–Crippen MR) is 102 cm³/mol. The van der Waals surface area contributed by atoms with Gasteiger partial charge in [-0.1, -0.05) is 35.9 Å². The van der Waals surface area contributed by atoms with Gasteiger partial charge in [-0.15, -0.1) is 11.8 Å². The van der Waals surface area contributed by atoms with Crippen molar-refractivity contribution in [2.24, 2.45) is 0 Å². The van der Waals surface area contributed by atoms with Crippen LogP contribution in [0.15, 0.2) is 41.3 Å². The van der Waals surface area contributed by atoms with Crippen LogP contribution in [0.3, 0.4) is 0 Å². The average Bonchev–Trinajstić information content (AvgIpc) is 2.55. The molecule has 0 fully saturated rings. The first-order chi connectivity index (χ1) is 11.9. The Kier molecular flexibility index (Phi) is 6.65. The molecular weight excluding hydrogens is 334 g/mol. The number of nitrogens with one attached hydrogen (secondary N) is 1. The van der Waals surface area contributed by atoms with E-state index in [1.165, 1.54) is 17.3 Å². The van der Waals surface area contributed by atoms with Crippen molar-refractivity contribution >= 4 is 29.3 Å². The molecule has 0 radical (unpaired) electrons. The second-order valence-electron chi connectivity index (χ2n) is 6.03. The van der Waals surface area contributed by atoms with E-state index in [0.29, 0.717) is 0 Å². The van der Waals surface area contributed by atoms with Gasteiger partial charge in [-0.2, -0.15) is 0 Å². The predicted octanol–water partition coefficient (Wildman–Crippen LogP) is 4.19. The van der Waals surface area contributed by atoms with Crippen molar-refractivity contribution < 1.29 is 14.3 Å². The number of carbonyl (C=O) groups is 2. The Morgan fingerprint density at radius 3 is 2.32 bits per heavy atom. The zero-order valence-corrected chi connectivity index (χ0v) is 15.8. The summed E-state index contributed by atoms with van der Waals surface area (Å²) in [5.41, 5.74) is 5.04. The van der Waals surface area contributed by atoms with Crippen LogP contribution >= 0.6 is 11.8 Å². The van der Waals surface area contributed by atoms with Crippen molar-refractivity contribution in [1.82, 2.24) is 0 Å². The molecule has 0 spiro atoms. The van der Waals surface area contributed by atoms with Crippen molar-refractivity contribution in [2.75, 3.05) is 17.7 Å². The molecule has 0 unspecified atom stereocenters. The minimum atomic E-state index is -0.401. The average molecular weight is 357 g/mol. The molecule has 1 N–H and O–H groups in total. The number of ether oxygens (including phenoxy) is 1. The highest BCUT2D eigenvalue weighted by Gasteiger charge is 2.11. The van der Waals surface area contributed by atoms with Gasteiger partial charge in [0, 0.05) is 10.6 Å². The summed E-state index contributed by atoms with van der Waals surface area (Å²) in [4.78, 5) is 24.9. The lowest BCUT2D eigenvalue weighted by atomic mass is 10.1. The van der Waals surface area contributed by atoms with Crippen LogP contribution in [0.1, 0.15) is 22.3 Å². The first-order valence-electron chi connectivity index (χ1n) is 8.08. The number of carbonyl (C=O) groups excluding carboxylic acids is 2. The molecule has 2 aromatic carbocycles. The summed E-state index contributed by atoms with van der Waals surface area (Å²) in [6.45, 7) is 7.62. The molecule has 0 aliphatic carbocycles. The van der Waals surface area contributed by atoms with Gasteiger partial charge < -0.3 is 10.1 Å². The highest BCUT2D eigenvalue weighted by Crippen LogP contribution is 2.23. The fraction of sp³-hybridized carbons (Fsp3) is 0.300. The van der Waals surface area contributed by atoms with E-state index < -0.39 is 5.97 Å². The molecule has 132 valence electrons. The van der Waals surface area contributed by atoms with E-state index in [1.807, 2.05) is 58.0 Å². The largest absolute Gasteiger partial charge is 0.455 e. The van der Waals surface area contributed by atoms with Crippen LogP contribution in [0.2, 0.25) is 0 Å². The van der Waals surface area contributed by atoms with Crippen LogP contribution in [-0.2, 0) is 14.3 Å². The lowest BCUT2D eigenvalue weighted by Gasteiger charge is -2.11. The molecule has 0 atom stereocenters. The number of rotatable bonds is 6. The molecule has 1 amide bonds. The van der Waals surface area contributed by atoms with Gasteiger partial charge >= 0.3 is 5.97 Å². The maximum absolute atomic E-state index is 12.0. The zero-order chi connectivity index (χ0) is 18.4. The van der Waals surface area contributed by atoms with E-state index in [1.54, 1.807) is 0 Å². The van der Waals surface area contributed by atoms with Gasteiger partial charge in [0.1, 0.15) is 0 Å². The number of aryl methyl sites for hydroxylation is 4. The summed E-state index contributed by atoms with van der Waals surface area (Å²) in [5, 5.41) is 2.80. The smallest absolute Gasteiger partial charge is 0.316 e. The normalized spacial score (nSPS) is 10.4. The van der Waals surface area contributed by atoms with Crippen molar-refractivity contribution in [1.29, 1.82) is 0 Å². The van der Waals surface area contributed by atoms with Gasteiger partial charge in [0.05, 0.1) is 5.75 Å². The number of hydrogen-bond donors (Lipinski definition) is 1. The summed E-state index contributed by atoms with van der Waals surface area (Å²) in [7, 11) is 0. The highest BCUT2D eigenvalue weighted by atomic mass is 32.2. The fourth-order valence-corrected chi connectivity index (χ4v) is 3.28. The Hall–Kier alpha value is -2.27. The second-order valence-corrected chi connectivity index (χ2v) is 7.05. The Bertz CT molecular complexity index is 766. The van der Waals surface area contributed by atoms with Crippen molar-refractivity contribution in [3.8, 4) is 0 Å². The molecule has 2 aromatic rings. The van der Waals surface area contributed by atoms with Crippen molar-refractivity contribution in [3.05, 3.63) is 58.7 Å². The molecular formula is C20H23NO3S. The number of benzene rings is 2. The first kappa shape index (κ1) is 19.1. The quantitative estimate of drug-likeness (QED) is 0.622. The van der Waals surface area contributed by atoms with Gasteiger partial charge in [-0.05, 0) is 50.5 Å². The Balaban J connectivity index is 1.80. The maximum Gasteiger partial charge on any atom is 0.316 e. The lowest BCUT2D eigenvalue weighted by molar-refractivity contribution is -0.144. The molecule has 0 aromatic heterocycles. The van der Waals surface area contributed by atoms with Gasteiger partial charge in [-0.25, -0.2) is 0 Å². The third-order valence-electron chi connectivity index (χ3n) is 3.79. The Morgan fingerprint density at radius 1 is 1.00 bits per heavy atom.